The number of hydrogen-bond donors (Lipinski definition) is 0. The molecule has 1 aromatic carbocycles. The van der Waals surface area contributed by atoms with Crippen LogP contribution in [0.15, 0.2) is 18.2 Å². The molecule has 0 aliphatic rings. The van der Waals surface area contributed by atoms with Gasteiger partial charge in [0.1, 0.15) is 11.9 Å². The molecule has 0 heterocycles. The lowest BCUT2D eigenvalue weighted by atomic mass is 10.1. The first kappa shape index (κ1) is 9.99. The van der Waals surface area contributed by atoms with Crippen LogP contribution in [0.25, 0.3) is 0 Å². The molecular formula is C9H8ClFO2. The molecule has 0 fully saturated rings. The number of hydrogen-bond acceptors (Lipinski definition) is 2. The third-order valence-electron chi connectivity index (χ3n) is 1.67. The second-order valence-corrected chi connectivity index (χ2v) is 2.96. The number of carbonyl (C=O) groups is 1. The van der Waals surface area contributed by atoms with Crippen LogP contribution in [0.4, 0.5) is 4.39 Å². The lowest BCUT2D eigenvalue weighted by molar-refractivity contribution is -0.133. The molecule has 1 aromatic rings. The Balaban J connectivity index is 2.89. The number of ether oxygens (including phenoxy) is 1. The fourth-order valence-electron chi connectivity index (χ4n) is 0.927. The highest BCUT2D eigenvalue weighted by Gasteiger charge is 2.07. The summed E-state index contributed by atoms with van der Waals surface area (Å²) in [7, 11) is 0. The van der Waals surface area contributed by atoms with E-state index in [1.54, 1.807) is 6.92 Å². The highest BCUT2D eigenvalue weighted by atomic mass is 35.5. The zero-order valence-electron chi connectivity index (χ0n) is 6.96. The molecule has 0 radical (unpaired) electrons. The average Bonchev–Trinajstić information content (AvgIpc) is 2.10. The molecule has 0 saturated heterocycles. The molecule has 0 aliphatic heterocycles. The standard InChI is InChI=1S/C9H8ClFO2/c1-6(13-5-12)7-2-3-9(11)8(10)4-7/h2-6H,1H3. The number of rotatable bonds is 3. The first-order valence-corrected chi connectivity index (χ1v) is 4.07. The van der Waals surface area contributed by atoms with Crippen LogP contribution in [-0.4, -0.2) is 6.47 Å². The quantitative estimate of drug-likeness (QED) is 0.705. The van der Waals surface area contributed by atoms with Crippen molar-refractivity contribution in [1.82, 2.24) is 0 Å². The van der Waals surface area contributed by atoms with Gasteiger partial charge in [-0.1, -0.05) is 17.7 Å². The highest BCUT2D eigenvalue weighted by molar-refractivity contribution is 6.30. The van der Waals surface area contributed by atoms with Gasteiger partial charge in [-0.25, -0.2) is 4.39 Å². The molecule has 70 valence electrons. The smallest absolute Gasteiger partial charge is 0.293 e. The minimum absolute atomic E-state index is 0.0267. The summed E-state index contributed by atoms with van der Waals surface area (Å²) in [5, 5.41) is 0.0267. The Morgan fingerprint density at radius 2 is 2.31 bits per heavy atom. The van der Waals surface area contributed by atoms with Crippen LogP contribution < -0.4 is 0 Å². The Labute approximate surface area is 80.3 Å². The van der Waals surface area contributed by atoms with E-state index >= 15 is 0 Å². The van der Waals surface area contributed by atoms with Gasteiger partial charge in [-0.05, 0) is 24.6 Å². The van der Waals surface area contributed by atoms with E-state index in [0.717, 1.165) is 0 Å². The van der Waals surface area contributed by atoms with E-state index in [1.807, 2.05) is 0 Å². The van der Waals surface area contributed by atoms with Gasteiger partial charge in [-0.3, -0.25) is 4.79 Å². The maximum absolute atomic E-state index is 12.7. The molecule has 0 amide bonds. The maximum Gasteiger partial charge on any atom is 0.293 e. The number of benzene rings is 1. The van der Waals surface area contributed by atoms with Gasteiger partial charge >= 0.3 is 0 Å². The first-order valence-electron chi connectivity index (χ1n) is 3.69. The summed E-state index contributed by atoms with van der Waals surface area (Å²) in [4.78, 5) is 10.0. The van der Waals surface area contributed by atoms with Gasteiger partial charge in [-0.15, -0.1) is 0 Å². The van der Waals surface area contributed by atoms with Crippen molar-refractivity contribution in [2.45, 2.75) is 13.0 Å². The molecule has 1 unspecified atom stereocenters. The third-order valence-corrected chi connectivity index (χ3v) is 1.96. The molecule has 0 aliphatic carbocycles. The Morgan fingerprint density at radius 3 is 2.85 bits per heavy atom. The van der Waals surface area contributed by atoms with Crippen LogP contribution in [0.2, 0.25) is 5.02 Å². The van der Waals surface area contributed by atoms with Crippen molar-refractivity contribution in [2.24, 2.45) is 0 Å². The molecule has 0 bridgehead atoms. The molecule has 13 heavy (non-hydrogen) atoms. The van der Waals surface area contributed by atoms with Crippen molar-refractivity contribution in [1.29, 1.82) is 0 Å². The van der Waals surface area contributed by atoms with Crippen molar-refractivity contribution in [3.63, 3.8) is 0 Å². The second-order valence-electron chi connectivity index (χ2n) is 2.55. The SMILES string of the molecule is CC(OC=O)c1ccc(F)c(Cl)c1. The van der Waals surface area contributed by atoms with Gasteiger partial charge in [-0.2, -0.15) is 0 Å². The normalized spacial score (nSPS) is 12.2. The molecule has 0 spiro atoms. The summed E-state index contributed by atoms with van der Waals surface area (Å²) in [5.74, 6) is -0.483. The van der Waals surface area contributed by atoms with E-state index in [0.29, 0.717) is 12.0 Å². The van der Waals surface area contributed by atoms with E-state index in [1.165, 1.54) is 18.2 Å². The van der Waals surface area contributed by atoms with Crippen molar-refractivity contribution >= 4 is 18.1 Å². The predicted octanol–water partition coefficient (Wildman–Crippen LogP) is 2.71. The topological polar surface area (TPSA) is 26.3 Å². The van der Waals surface area contributed by atoms with Crippen molar-refractivity contribution < 1.29 is 13.9 Å². The van der Waals surface area contributed by atoms with E-state index in [4.69, 9.17) is 11.6 Å². The second kappa shape index (κ2) is 4.23. The summed E-state index contributed by atoms with van der Waals surface area (Å²) in [6.45, 7) is 2.03. The van der Waals surface area contributed by atoms with Gasteiger partial charge in [0.2, 0.25) is 0 Å². The lowest BCUT2D eigenvalue weighted by Gasteiger charge is -2.09. The van der Waals surface area contributed by atoms with Crippen LogP contribution in [-0.2, 0) is 9.53 Å². The fraction of sp³-hybridized carbons (Fsp3) is 0.222. The molecule has 0 aromatic heterocycles. The van der Waals surface area contributed by atoms with E-state index < -0.39 is 11.9 Å². The third kappa shape index (κ3) is 2.42. The summed E-state index contributed by atoms with van der Waals surface area (Å²) < 4.78 is 17.4. The molecule has 4 heteroatoms. The van der Waals surface area contributed by atoms with Crippen LogP contribution in [0.1, 0.15) is 18.6 Å². The van der Waals surface area contributed by atoms with Gasteiger partial charge in [0.25, 0.3) is 6.47 Å². The summed E-state index contributed by atoms with van der Waals surface area (Å²) in [6, 6.07) is 4.20. The Bertz CT molecular complexity index is 314. The van der Waals surface area contributed by atoms with Crippen LogP contribution in [0.5, 0.6) is 0 Å². The fourth-order valence-corrected chi connectivity index (χ4v) is 1.12. The van der Waals surface area contributed by atoms with Gasteiger partial charge in [0.05, 0.1) is 5.02 Å². The summed E-state index contributed by atoms with van der Waals surface area (Å²) in [6.07, 6.45) is -0.407. The minimum atomic E-state index is -0.483. The van der Waals surface area contributed by atoms with E-state index in [-0.39, 0.29) is 5.02 Å². The molecule has 0 saturated carbocycles. The number of halogens is 2. The molecule has 2 nitrogen and oxygen atoms in total. The first-order chi connectivity index (χ1) is 6.15. The van der Waals surface area contributed by atoms with Crippen molar-refractivity contribution in [2.75, 3.05) is 0 Å². The summed E-state index contributed by atoms with van der Waals surface area (Å²) >= 11 is 5.54. The molecule has 0 N–H and O–H groups in total. The zero-order valence-corrected chi connectivity index (χ0v) is 7.72. The largest absolute Gasteiger partial charge is 0.460 e. The Kier molecular flexibility index (Phi) is 3.25. The van der Waals surface area contributed by atoms with Crippen LogP contribution in [0, 0.1) is 5.82 Å². The summed E-state index contributed by atoms with van der Waals surface area (Å²) in [5.41, 5.74) is 0.665. The maximum atomic E-state index is 12.7. The predicted molar refractivity (Wildman–Crippen MR) is 47.0 cm³/mol. The minimum Gasteiger partial charge on any atom is -0.460 e. The molecular weight excluding hydrogens is 195 g/mol. The van der Waals surface area contributed by atoms with Gasteiger partial charge in [0, 0.05) is 0 Å². The van der Waals surface area contributed by atoms with Crippen LogP contribution in [0.3, 0.4) is 0 Å². The highest BCUT2D eigenvalue weighted by Crippen LogP contribution is 2.22. The van der Waals surface area contributed by atoms with Crippen molar-refractivity contribution in [3.8, 4) is 0 Å². The molecule has 1 rings (SSSR count). The monoisotopic (exact) mass is 202 g/mol. The van der Waals surface area contributed by atoms with Crippen molar-refractivity contribution in [3.05, 3.63) is 34.6 Å². The number of carbonyl (C=O) groups excluding carboxylic acids is 1. The van der Waals surface area contributed by atoms with Gasteiger partial charge in [0.15, 0.2) is 0 Å². The average molecular weight is 203 g/mol. The van der Waals surface area contributed by atoms with Crippen LogP contribution >= 0.6 is 11.6 Å². The zero-order chi connectivity index (χ0) is 9.84. The Morgan fingerprint density at radius 1 is 1.62 bits per heavy atom. The van der Waals surface area contributed by atoms with E-state index in [9.17, 15) is 9.18 Å². The Hall–Kier alpha value is -1.09. The lowest BCUT2D eigenvalue weighted by Crippen LogP contribution is -1.98. The molecule has 1 atom stereocenters. The van der Waals surface area contributed by atoms with Gasteiger partial charge < -0.3 is 4.74 Å². The van der Waals surface area contributed by atoms with E-state index in [2.05, 4.69) is 4.74 Å².